The minimum Gasteiger partial charge on any atom is -0.358 e. The van der Waals surface area contributed by atoms with E-state index in [1.807, 2.05) is 0 Å². The van der Waals surface area contributed by atoms with Crippen LogP contribution in [-0.4, -0.2) is 27.3 Å². The summed E-state index contributed by atoms with van der Waals surface area (Å²) in [7, 11) is 1.52. The van der Waals surface area contributed by atoms with Crippen LogP contribution in [-0.2, 0) is 7.05 Å². The van der Waals surface area contributed by atoms with Crippen molar-refractivity contribution in [1.82, 2.24) is 9.88 Å². The predicted octanol–water partition coefficient (Wildman–Crippen LogP) is 2.46. The average molecular weight is 300 g/mol. The standard InChI is InChI=1S/C13H18ClN3O3/c1-16-11(6-7-12(16)17(19)20)13(18)15-8-9-2-4-10(14)5-3-9/h6-7,9-10H,2-5,8H2,1H3,(H,15,18). The zero-order chi connectivity index (χ0) is 14.7. The number of amides is 1. The predicted molar refractivity (Wildman–Crippen MR) is 76.0 cm³/mol. The van der Waals surface area contributed by atoms with Gasteiger partial charge in [0.1, 0.15) is 0 Å². The van der Waals surface area contributed by atoms with Crippen LogP contribution in [0.2, 0.25) is 0 Å². The van der Waals surface area contributed by atoms with Crippen LogP contribution in [0.25, 0.3) is 0 Å². The van der Waals surface area contributed by atoms with Gasteiger partial charge in [0.05, 0.1) is 7.05 Å². The van der Waals surface area contributed by atoms with E-state index in [1.165, 1.54) is 23.7 Å². The molecule has 110 valence electrons. The number of halogens is 1. The quantitative estimate of drug-likeness (QED) is 0.527. The first-order chi connectivity index (χ1) is 9.49. The van der Waals surface area contributed by atoms with Crippen molar-refractivity contribution in [2.45, 2.75) is 31.1 Å². The van der Waals surface area contributed by atoms with Gasteiger partial charge < -0.3 is 15.4 Å². The van der Waals surface area contributed by atoms with E-state index >= 15 is 0 Å². The summed E-state index contributed by atoms with van der Waals surface area (Å²) in [6, 6.07) is 2.82. The van der Waals surface area contributed by atoms with Gasteiger partial charge in [-0.25, -0.2) is 4.57 Å². The Morgan fingerprint density at radius 2 is 2.10 bits per heavy atom. The van der Waals surface area contributed by atoms with E-state index in [0.717, 1.165) is 25.7 Å². The molecule has 0 bridgehead atoms. The monoisotopic (exact) mass is 299 g/mol. The molecule has 1 heterocycles. The summed E-state index contributed by atoms with van der Waals surface area (Å²) in [6.07, 6.45) is 4.00. The van der Waals surface area contributed by atoms with E-state index in [9.17, 15) is 14.9 Å². The molecule has 1 fully saturated rings. The van der Waals surface area contributed by atoms with Crippen molar-refractivity contribution in [3.05, 3.63) is 27.9 Å². The lowest BCUT2D eigenvalue weighted by atomic mass is 9.89. The summed E-state index contributed by atoms with van der Waals surface area (Å²) in [4.78, 5) is 22.3. The summed E-state index contributed by atoms with van der Waals surface area (Å²) in [5.41, 5.74) is 0.308. The Kier molecular flexibility index (Phi) is 4.65. The Morgan fingerprint density at radius 1 is 1.45 bits per heavy atom. The van der Waals surface area contributed by atoms with Crippen molar-refractivity contribution in [2.24, 2.45) is 13.0 Å². The lowest BCUT2D eigenvalue weighted by molar-refractivity contribution is -0.391. The number of carbonyl (C=O) groups is 1. The summed E-state index contributed by atoms with van der Waals surface area (Å²) >= 11 is 6.04. The Morgan fingerprint density at radius 3 is 2.65 bits per heavy atom. The van der Waals surface area contributed by atoms with Crippen molar-refractivity contribution < 1.29 is 9.72 Å². The number of nitro groups is 1. The molecule has 0 spiro atoms. The Hall–Kier alpha value is -1.56. The first-order valence-corrected chi connectivity index (χ1v) is 7.15. The maximum absolute atomic E-state index is 12.0. The van der Waals surface area contributed by atoms with Gasteiger partial charge in [-0.2, -0.15) is 0 Å². The van der Waals surface area contributed by atoms with Gasteiger partial charge in [0.15, 0.2) is 5.69 Å². The lowest BCUT2D eigenvalue weighted by Crippen LogP contribution is -2.32. The highest BCUT2D eigenvalue weighted by molar-refractivity contribution is 6.20. The minimum atomic E-state index is -0.501. The van der Waals surface area contributed by atoms with Crippen molar-refractivity contribution in [1.29, 1.82) is 0 Å². The fourth-order valence-corrected chi connectivity index (χ4v) is 2.82. The van der Waals surface area contributed by atoms with Crippen molar-refractivity contribution in [2.75, 3.05) is 6.54 Å². The number of hydrogen-bond donors (Lipinski definition) is 1. The molecule has 1 aromatic rings. The highest BCUT2D eigenvalue weighted by Crippen LogP contribution is 2.27. The number of carbonyl (C=O) groups excluding carboxylic acids is 1. The Bertz CT molecular complexity index is 507. The molecular weight excluding hydrogens is 282 g/mol. The minimum absolute atomic E-state index is 0.0854. The van der Waals surface area contributed by atoms with Crippen LogP contribution in [0.15, 0.2) is 12.1 Å². The summed E-state index contributed by atoms with van der Waals surface area (Å²) in [5.74, 6) is 0.0931. The van der Waals surface area contributed by atoms with Crippen molar-refractivity contribution >= 4 is 23.3 Å². The molecule has 6 nitrogen and oxygen atoms in total. The average Bonchev–Trinajstić information content (AvgIpc) is 2.80. The van der Waals surface area contributed by atoms with Gasteiger partial charge in [0, 0.05) is 18.0 Å². The number of hydrogen-bond acceptors (Lipinski definition) is 3. The van der Waals surface area contributed by atoms with E-state index in [2.05, 4.69) is 5.32 Å². The highest BCUT2D eigenvalue weighted by Gasteiger charge is 2.23. The molecule has 1 N–H and O–H groups in total. The van der Waals surface area contributed by atoms with Gasteiger partial charge in [0.25, 0.3) is 5.91 Å². The summed E-state index contributed by atoms with van der Waals surface area (Å²) < 4.78 is 1.30. The second-order valence-electron chi connectivity index (χ2n) is 5.22. The van der Waals surface area contributed by atoms with Crippen molar-refractivity contribution in [3.8, 4) is 0 Å². The second kappa shape index (κ2) is 6.26. The molecule has 0 saturated heterocycles. The SMILES string of the molecule is Cn1c(C(=O)NCC2CCC(Cl)CC2)ccc1[N+](=O)[O-]. The number of aromatic nitrogens is 1. The molecule has 0 unspecified atom stereocenters. The van der Waals surface area contributed by atoms with E-state index in [4.69, 9.17) is 11.6 Å². The van der Waals surface area contributed by atoms with E-state index in [1.54, 1.807) is 0 Å². The molecule has 20 heavy (non-hydrogen) atoms. The second-order valence-corrected chi connectivity index (χ2v) is 5.84. The zero-order valence-corrected chi connectivity index (χ0v) is 12.1. The van der Waals surface area contributed by atoms with Crippen LogP contribution in [0.3, 0.4) is 0 Å². The molecular formula is C13H18ClN3O3. The van der Waals surface area contributed by atoms with Gasteiger partial charge >= 0.3 is 5.82 Å². The third kappa shape index (κ3) is 3.30. The molecule has 1 aliphatic carbocycles. The largest absolute Gasteiger partial charge is 0.358 e. The van der Waals surface area contributed by atoms with Gasteiger partial charge in [-0.3, -0.25) is 4.79 Å². The molecule has 1 saturated carbocycles. The fourth-order valence-electron chi connectivity index (χ4n) is 2.57. The van der Waals surface area contributed by atoms with Crippen LogP contribution in [0.1, 0.15) is 36.2 Å². The molecule has 0 aliphatic heterocycles. The van der Waals surface area contributed by atoms with Gasteiger partial charge in [0.2, 0.25) is 0 Å². The van der Waals surface area contributed by atoms with E-state index < -0.39 is 4.92 Å². The molecule has 7 heteroatoms. The van der Waals surface area contributed by atoms with E-state index in [-0.39, 0.29) is 17.1 Å². The molecule has 0 radical (unpaired) electrons. The lowest BCUT2D eigenvalue weighted by Gasteiger charge is -2.24. The van der Waals surface area contributed by atoms with Crippen LogP contribution in [0, 0.1) is 16.0 Å². The van der Waals surface area contributed by atoms with Gasteiger partial charge in [-0.05, 0) is 42.6 Å². The van der Waals surface area contributed by atoms with Crippen LogP contribution in [0.5, 0.6) is 0 Å². The van der Waals surface area contributed by atoms with Crippen molar-refractivity contribution in [3.63, 3.8) is 0 Å². The molecule has 0 aromatic carbocycles. The molecule has 1 amide bonds. The molecule has 1 aromatic heterocycles. The smallest absolute Gasteiger partial charge is 0.323 e. The third-order valence-electron chi connectivity index (χ3n) is 3.84. The number of alkyl halides is 1. The molecule has 0 atom stereocenters. The maximum Gasteiger partial charge on any atom is 0.323 e. The molecule has 2 rings (SSSR count). The fraction of sp³-hybridized carbons (Fsp3) is 0.615. The topological polar surface area (TPSA) is 77.2 Å². The third-order valence-corrected chi connectivity index (χ3v) is 4.28. The van der Waals surface area contributed by atoms with Crippen LogP contribution >= 0.6 is 11.6 Å². The Labute approximate surface area is 122 Å². The van der Waals surface area contributed by atoms with E-state index in [0.29, 0.717) is 18.2 Å². The normalized spacial score (nSPS) is 22.5. The number of rotatable bonds is 4. The van der Waals surface area contributed by atoms with Gasteiger partial charge in [-0.15, -0.1) is 11.6 Å². The number of nitrogens with zero attached hydrogens (tertiary/aromatic N) is 2. The maximum atomic E-state index is 12.0. The van der Waals surface area contributed by atoms with Crippen LogP contribution < -0.4 is 5.32 Å². The van der Waals surface area contributed by atoms with Crippen LogP contribution in [0.4, 0.5) is 5.82 Å². The summed E-state index contributed by atoms with van der Waals surface area (Å²) in [6.45, 7) is 0.599. The number of nitrogens with one attached hydrogen (secondary N) is 1. The first kappa shape index (κ1) is 14.8. The Balaban J connectivity index is 1.90. The first-order valence-electron chi connectivity index (χ1n) is 6.71. The highest BCUT2D eigenvalue weighted by atomic mass is 35.5. The zero-order valence-electron chi connectivity index (χ0n) is 11.3. The molecule has 1 aliphatic rings. The summed E-state index contributed by atoms with van der Waals surface area (Å²) in [5, 5.41) is 13.8. The van der Waals surface area contributed by atoms with Gasteiger partial charge in [-0.1, -0.05) is 0 Å².